The maximum absolute atomic E-state index is 12.7. The second-order valence-corrected chi connectivity index (χ2v) is 6.66. The summed E-state index contributed by atoms with van der Waals surface area (Å²) in [5.41, 5.74) is 1.10. The van der Waals surface area contributed by atoms with Gasteiger partial charge in [-0.2, -0.15) is 10.4 Å². The van der Waals surface area contributed by atoms with Crippen molar-refractivity contribution < 1.29 is 9.53 Å². The Hall–Kier alpha value is -3.46. The molecule has 0 amide bonds. The van der Waals surface area contributed by atoms with Gasteiger partial charge >= 0.3 is 5.97 Å². The van der Waals surface area contributed by atoms with Crippen molar-refractivity contribution in [2.45, 2.75) is 27.0 Å². The lowest BCUT2D eigenvalue weighted by Crippen LogP contribution is -2.28. The van der Waals surface area contributed by atoms with Crippen LogP contribution >= 0.6 is 0 Å². The van der Waals surface area contributed by atoms with Crippen LogP contribution in [-0.4, -0.2) is 15.7 Å². The van der Waals surface area contributed by atoms with Gasteiger partial charge in [0.1, 0.15) is 6.61 Å². The molecule has 1 heterocycles. The topological polar surface area (TPSA) is 85.0 Å². The summed E-state index contributed by atoms with van der Waals surface area (Å²) in [6.45, 7) is 4.38. The fourth-order valence-electron chi connectivity index (χ4n) is 2.80. The zero-order chi connectivity index (χ0) is 19.4. The highest BCUT2D eigenvalue weighted by Crippen LogP contribution is 2.16. The molecule has 0 aliphatic carbocycles. The molecule has 1 aromatic heterocycles. The van der Waals surface area contributed by atoms with Crippen LogP contribution in [0.5, 0.6) is 0 Å². The number of nitriles is 1. The van der Waals surface area contributed by atoms with E-state index >= 15 is 0 Å². The van der Waals surface area contributed by atoms with Crippen molar-refractivity contribution >= 4 is 16.7 Å². The van der Waals surface area contributed by atoms with E-state index in [4.69, 9.17) is 10.00 Å². The van der Waals surface area contributed by atoms with Gasteiger partial charge in [-0.15, -0.1) is 0 Å². The van der Waals surface area contributed by atoms with E-state index in [0.29, 0.717) is 28.4 Å². The predicted octanol–water partition coefficient (Wildman–Crippen LogP) is 3.28. The average molecular weight is 361 g/mol. The highest BCUT2D eigenvalue weighted by molar-refractivity contribution is 6.02. The number of hydrogen-bond donors (Lipinski definition) is 0. The highest BCUT2D eigenvalue weighted by atomic mass is 16.5. The van der Waals surface area contributed by atoms with Crippen molar-refractivity contribution in [3.05, 3.63) is 75.7 Å². The summed E-state index contributed by atoms with van der Waals surface area (Å²) in [6, 6.07) is 15.8. The van der Waals surface area contributed by atoms with Crippen LogP contribution in [0.1, 0.15) is 35.5 Å². The molecule has 0 saturated carbocycles. The Morgan fingerprint density at radius 3 is 2.63 bits per heavy atom. The first-order valence-electron chi connectivity index (χ1n) is 8.65. The van der Waals surface area contributed by atoms with E-state index < -0.39 is 5.97 Å². The first kappa shape index (κ1) is 18.3. The van der Waals surface area contributed by atoms with Gasteiger partial charge in [-0.05, 0) is 29.7 Å². The van der Waals surface area contributed by atoms with E-state index in [0.717, 1.165) is 0 Å². The number of esters is 1. The SMILES string of the molecule is CC(C)Cn1nc(C(=O)OCc2cccc(C#N)c2)c2ccccc2c1=O. The van der Waals surface area contributed by atoms with Crippen molar-refractivity contribution in [2.24, 2.45) is 5.92 Å². The van der Waals surface area contributed by atoms with Crippen molar-refractivity contribution in [2.75, 3.05) is 0 Å². The fraction of sp³-hybridized carbons (Fsp3) is 0.238. The minimum atomic E-state index is -0.605. The molecular weight excluding hydrogens is 342 g/mol. The zero-order valence-corrected chi connectivity index (χ0v) is 15.2. The Morgan fingerprint density at radius 1 is 1.19 bits per heavy atom. The van der Waals surface area contributed by atoms with Crippen molar-refractivity contribution in [3.63, 3.8) is 0 Å². The van der Waals surface area contributed by atoms with Crippen LogP contribution in [0.4, 0.5) is 0 Å². The van der Waals surface area contributed by atoms with Crippen molar-refractivity contribution in [1.82, 2.24) is 9.78 Å². The van der Waals surface area contributed by atoms with Crippen LogP contribution in [0.25, 0.3) is 10.8 Å². The van der Waals surface area contributed by atoms with Crippen LogP contribution in [0.2, 0.25) is 0 Å². The summed E-state index contributed by atoms with van der Waals surface area (Å²) >= 11 is 0. The monoisotopic (exact) mass is 361 g/mol. The Labute approximate surface area is 156 Å². The van der Waals surface area contributed by atoms with Crippen LogP contribution < -0.4 is 5.56 Å². The van der Waals surface area contributed by atoms with Gasteiger partial charge in [-0.1, -0.05) is 44.2 Å². The molecule has 0 unspecified atom stereocenters. The van der Waals surface area contributed by atoms with Crippen molar-refractivity contribution in [3.8, 4) is 6.07 Å². The van der Waals surface area contributed by atoms with Crippen LogP contribution in [0.3, 0.4) is 0 Å². The molecule has 0 radical (unpaired) electrons. The van der Waals surface area contributed by atoms with Crippen LogP contribution in [-0.2, 0) is 17.9 Å². The summed E-state index contributed by atoms with van der Waals surface area (Å²) in [7, 11) is 0. The molecule has 6 heteroatoms. The maximum atomic E-state index is 12.7. The number of rotatable bonds is 5. The summed E-state index contributed by atoms with van der Waals surface area (Å²) in [4.78, 5) is 25.3. The number of hydrogen-bond acceptors (Lipinski definition) is 5. The van der Waals surface area contributed by atoms with Gasteiger partial charge in [0, 0.05) is 11.9 Å². The van der Waals surface area contributed by atoms with E-state index in [-0.39, 0.29) is 23.8 Å². The largest absolute Gasteiger partial charge is 0.456 e. The molecule has 0 atom stereocenters. The summed E-state index contributed by atoms with van der Waals surface area (Å²) < 4.78 is 6.71. The molecule has 6 nitrogen and oxygen atoms in total. The summed E-state index contributed by atoms with van der Waals surface area (Å²) in [5, 5.41) is 14.1. The summed E-state index contributed by atoms with van der Waals surface area (Å²) in [5.74, 6) is -0.403. The van der Waals surface area contributed by atoms with Gasteiger partial charge in [-0.25, -0.2) is 9.48 Å². The molecule has 0 aliphatic rings. The summed E-state index contributed by atoms with van der Waals surface area (Å²) in [6.07, 6.45) is 0. The van der Waals surface area contributed by atoms with Crippen molar-refractivity contribution in [1.29, 1.82) is 5.26 Å². The Morgan fingerprint density at radius 2 is 1.93 bits per heavy atom. The van der Waals surface area contributed by atoms with Crippen LogP contribution in [0.15, 0.2) is 53.3 Å². The molecule has 136 valence electrons. The highest BCUT2D eigenvalue weighted by Gasteiger charge is 2.18. The quantitative estimate of drug-likeness (QED) is 0.651. The van der Waals surface area contributed by atoms with E-state index in [9.17, 15) is 9.59 Å². The standard InChI is InChI=1S/C21H19N3O3/c1-14(2)12-24-20(25)18-9-4-3-8-17(18)19(23-24)21(26)27-13-16-7-5-6-15(10-16)11-22/h3-10,14H,12-13H2,1-2H3. The molecular formula is C21H19N3O3. The number of ether oxygens (including phenoxy) is 1. The molecule has 0 fully saturated rings. The lowest BCUT2D eigenvalue weighted by molar-refractivity contribution is 0.0465. The van der Waals surface area contributed by atoms with Gasteiger partial charge in [0.05, 0.1) is 17.0 Å². The lowest BCUT2D eigenvalue weighted by atomic mass is 10.1. The normalized spacial score (nSPS) is 10.7. The molecule has 3 aromatic rings. The fourth-order valence-corrected chi connectivity index (χ4v) is 2.80. The number of fused-ring (bicyclic) bond motifs is 1. The Kier molecular flexibility index (Phi) is 5.32. The second-order valence-electron chi connectivity index (χ2n) is 6.66. The Balaban J connectivity index is 1.94. The van der Waals surface area contributed by atoms with E-state index in [1.807, 2.05) is 13.8 Å². The second kappa shape index (κ2) is 7.83. The average Bonchev–Trinajstić information content (AvgIpc) is 2.68. The lowest BCUT2D eigenvalue weighted by Gasteiger charge is -2.12. The maximum Gasteiger partial charge on any atom is 0.359 e. The molecule has 2 aromatic carbocycles. The first-order valence-corrected chi connectivity index (χ1v) is 8.65. The minimum Gasteiger partial charge on any atom is -0.456 e. The van der Waals surface area contributed by atoms with Gasteiger partial charge in [-0.3, -0.25) is 4.79 Å². The molecule has 0 N–H and O–H groups in total. The molecule has 0 spiro atoms. The molecule has 0 saturated heterocycles. The number of carbonyl (C=O) groups is 1. The van der Waals surface area contributed by atoms with E-state index in [2.05, 4.69) is 11.2 Å². The molecule has 27 heavy (non-hydrogen) atoms. The molecule has 3 rings (SSSR count). The smallest absolute Gasteiger partial charge is 0.359 e. The first-order chi connectivity index (χ1) is 13.0. The molecule has 0 aliphatic heterocycles. The predicted molar refractivity (Wildman–Crippen MR) is 101 cm³/mol. The number of carbonyl (C=O) groups excluding carboxylic acids is 1. The molecule has 0 bridgehead atoms. The third kappa shape index (κ3) is 4.04. The van der Waals surface area contributed by atoms with Gasteiger partial charge in [0.2, 0.25) is 0 Å². The van der Waals surface area contributed by atoms with E-state index in [1.54, 1.807) is 48.5 Å². The zero-order valence-electron chi connectivity index (χ0n) is 15.2. The number of benzene rings is 2. The van der Waals surface area contributed by atoms with Gasteiger partial charge < -0.3 is 4.74 Å². The number of aromatic nitrogens is 2. The van der Waals surface area contributed by atoms with Gasteiger partial charge in [0.25, 0.3) is 5.56 Å². The number of nitrogens with zero attached hydrogens (tertiary/aromatic N) is 3. The Bertz CT molecular complexity index is 1090. The third-order valence-corrected chi connectivity index (χ3v) is 4.03. The minimum absolute atomic E-state index is 0.0215. The van der Waals surface area contributed by atoms with Gasteiger partial charge in [0.15, 0.2) is 5.69 Å². The van der Waals surface area contributed by atoms with E-state index in [1.165, 1.54) is 4.68 Å². The third-order valence-electron chi connectivity index (χ3n) is 4.03. The van der Waals surface area contributed by atoms with Crippen LogP contribution in [0, 0.1) is 17.2 Å².